The Hall–Kier alpha value is -1.75. The van der Waals surface area contributed by atoms with Crippen molar-refractivity contribution >= 4 is 0 Å². The molecule has 94 valence electrons. The second kappa shape index (κ2) is 4.17. The molecule has 0 radical (unpaired) electrons. The van der Waals surface area contributed by atoms with Gasteiger partial charge < -0.3 is 9.67 Å². The number of aryl methyl sites for hydroxylation is 1. The molecule has 1 fully saturated rings. The van der Waals surface area contributed by atoms with Crippen molar-refractivity contribution in [1.82, 2.24) is 14.8 Å². The van der Waals surface area contributed by atoms with Gasteiger partial charge in [-0.3, -0.25) is 0 Å². The number of aliphatic hydroxyl groups is 1. The molecule has 1 saturated carbocycles. The number of hydrogen-bond acceptors (Lipinski definition) is 3. The molecule has 1 N–H and O–H groups in total. The standard InChI is InChI=1S/C13H14FN3O/c1-8-4-9(6-10(14)5-8)13-16-15-12(7-18)17(13)11-2-3-11/h4-6,11,18H,2-3,7H2,1H3. The van der Waals surface area contributed by atoms with E-state index in [0.717, 1.165) is 18.4 Å². The fourth-order valence-electron chi connectivity index (χ4n) is 2.21. The summed E-state index contributed by atoms with van der Waals surface area (Å²) >= 11 is 0. The van der Waals surface area contributed by atoms with Crippen LogP contribution in [0.1, 0.15) is 30.3 Å². The zero-order valence-electron chi connectivity index (χ0n) is 10.1. The average molecular weight is 247 g/mol. The summed E-state index contributed by atoms with van der Waals surface area (Å²) in [7, 11) is 0. The SMILES string of the molecule is Cc1cc(F)cc(-c2nnc(CO)n2C2CC2)c1. The minimum Gasteiger partial charge on any atom is -0.388 e. The molecule has 1 aliphatic carbocycles. The number of aromatic nitrogens is 3. The first-order valence-corrected chi connectivity index (χ1v) is 6.01. The monoisotopic (exact) mass is 247 g/mol. The highest BCUT2D eigenvalue weighted by Crippen LogP contribution is 2.39. The van der Waals surface area contributed by atoms with Crippen molar-refractivity contribution in [2.24, 2.45) is 0 Å². The minimum atomic E-state index is -0.277. The second-order valence-corrected chi connectivity index (χ2v) is 4.72. The van der Waals surface area contributed by atoms with E-state index in [0.29, 0.717) is 23.3 Å². The molecule has 4 nitrogen and oxygen atoms in total. The van der Waals surface area contributed by atoms with E-state index in [2.05, 4.69) is 10.2 Å². The van der Waals surface area contributed by atoms with Gasteiger partial charge in [-0.2, -0.15) is 0 Å². The van der Waals surface area contributed by atoms with E-state index in [1.807, 2.05) is 17.6 Å². The van der Waals surface area contributed by atoms with Crippen LogP contribution in [-0.4, -0.2) is 19.9 Å². The highest BCUT2D eigenvalue weighted by molar-refractivity contribution is 5.57. The summed E-state index contributed by atoms with van der Waals surface area (Å²) in [5.41, 5.74) is 1.56. The molecule has 1 aliphatic rings. The molecule has 0 saturated heterocycles. The van der Waals surface area contributed by atoms with Crippen LogP contribution >= 0.6 is 0 Å². The molecule has 0 atom stereocenters. The Kier molecular flexibility index (Phi) is 2.63. The van der Waals surface area contributed by atoms with E-state index >= 15 is 0 Å². The van der Waals surface area contributed by atoms with Crippen molar-refractivity contribution < 1.29 is 9.50 Å². The van der Waals surface area contributed by atoms with Gasteiger partial charge in [-0.15, -0.1) is 10.2 Å². The molecule has 0 bridgehead atoms. The average Bonchev–Trinajstić information content (AvgIpc) is 3.07. The number of halogens is 1. The molecule has 0 aliphatic heterocycles. The van der Waals surface area contributed by atoms with Gasteiger partial charge in [0.1, 0.15) is 12.4 Å². The van der Waals surface area contributed by atoms with E-state index in [-0.39, 0.29) is 12.4 Å². The third-order valence-electron chi connectivity index (χ3n) is 3.12. The van der Waals surface area contributed by atoms with E-state index in [9.17, 15) is 9.50 Å². The highest BCUT2D eigenvalue weighted by atomic mass is 19.1. The number of hydrogen-bond donors (Lipinski definition) is 1. The Morgan fingerprint density at radius 1 is 1.33 bits per heavy atom. The second-order valence-electron chi connectivity index (χ2n) is 4.72. The van der Waals surface area contributed by atoms with Gasteiger partial charge in [0.05, 0.1) is 0 Å². The van der Waals surface area contributed by atoms with Crippen LogP contribution in [0.3, 0.4) is 0 Å². The van der Waals surface area contributed by atoms with E-state index < -0.39 is 0 Å². The molecule has 0 unspecified atom stereocenters. The maximum Gasteiger partial charge on any atom is 0.164 e. The molecule has 2 aromatic rings. The highest BCUT2D eigenvalue weighted by Gasteiger charge is 2.29. The lowest BCUT2D eigenvalue weighted by molar-refractivity contribution is 0.265. The maximum atomic E-state index is 13.4. The first-order valence-electron chi connectivity index (χ1n) is 6.01. The van der Waals surface area contributed by atoms with E-state index in [1.165, 1.54) is 12.1 Å². The van der Waals surface area contributed by atoms with Crippen LogP contribution in [0.25, 0.3) is 11.4 Å². The maximum absolute atomic E-state index is 13.4. The molecule has 1 heterocycles. The lowest BCUT2D eigenvalue weighted by Crippen LogP contribution is -2.03. The van der Waals surface area contributed by atoms with Crippen molar-refractivity contribution in [2.75, 3.05) is 0 Å². The van der Waals surface area contributed by atoms with Gasteiger partial charge in [-0.1, -0.05) is 0 Å². The molecule has 18 heavy (non-hydrogen) atoms. The van der Waals surface area contributed by atoms with Gasteiger partial charge in [-0.05, 0) is 43.5 Å². The fourth-order valence-corrected chi connectivity index (χ4v) is 2.21. The summed E-state index contributed by atoms with van der Waals surface area (Å²) in [6.07, 6.45) is 2.12. The van der Waals surface area contributed by atoms with Crippen molar-refractivity contribution in [3.63, 3.8) is 0 Å². The van der Waals surface area contributed by atoms with Crippen LogP contribution in [0.2, 0.25) is 0 Å². The third kappa shape index (κ3) is 1.90. The summed E-state index contributed by atoms with van der Waals surface area (Å²) in [6, 6.07) is 5.17. The van der Waals surface area contributed by atoms with Crippen molar-refractivity contribution in [2.45, 2.75) is 32.4 Å². The van der Waals surface area contributed by atoms with Gasteiger partial charge in [0, 0.05) is 11.6 Å². The third-order valence-corrected chi connectivity index (χ3v) is 3.12. The lowest BCUT2D eigenvalue weighted by atomic mass is 10.1. The summed E-state index contributed by atoms with van der Waals surface area (Å²) in [5.74, 6) is 0.916. The van der Waals surface area contributed by atoms with Gasteiger partial charge >= 0.3 is 0 Å². The van der Waals surface area contributed by atoms with Crippen molar-refractivity contribution in [3.05, 3.63) is 35.4 Å². The molecule has 0 amide bonds. The first kappa shape index (κ1) is 11.3. The zero-order valence-corrected chi connectivity index (χ0v) is 10.1. The van der Waals surface area contributed by atoms with Crippen LogP contribution in [0.15, 0.2) is 18.2 Å². The van der Waals surface area contributed by atoms with E-state index in [4.69, 9.17) is 0 Å². The van der Waals surface area contributed by atoms with E-state index in [1.54, 1.807) is 0 Å². The molecule has 5 heteroatoms. The Balaban J connectivity index is 2.13. The largest absolute Gasteiger partial charge is 0.388 e. The van der Waals surface area contributed by atoms with Crippen LogP contribution in [-0.2, 0) is 6.61 Å². The molecule has 1 aromatic carbocycles. The number of aliphatic hydroxyl groups excluding tert-OH is 1. The number of nitrogens with zero attached hydrogens (tertiary/aromatic N) is 3. The Labute approximate surface area is 104 Å². The molecular formula is C13H14FN3O. The summed E-state index contributed by atoms with van der Waals surface area (Å²) in [5, 5.41) is 17.3. The smallest absolute Gasteiger partial charge is 0.164 e. The number of rotatable bonds is 3. The quantitative estimate of drug-likeness (QED) is 0.904. The van der Waals surface area contributed by atoms with Crippen LogP contribution < -0.4 is 0 Å². The van der Waals surface area contributed by atoms with Crippen LogP contribution in [0, 0.1) is 12.7 Å². The van der Waals surface area contributed by atoms with Crippen LogP contribution in [0.5, 0.6) is 0 Å². The van der Waals surface area contributed by atoms with Gasteiger partial charge in [0.2, 0.25) is 0 Å². The Morgan fingerprint density at radius 2 is 2.11 bits per heavy atom. The first-order chi connectivity index (χ1) is 8.69. The van der Waals surface area contributed by atoms with Crippen LogP contribution in [0.4, 0.5) is 4.39 Å². The summed E-state index contributed by atoms with van der Waals surface area (Å²) in [6.45, 7) is 1.70. The zero-order chi connectivity index (χ0) is 12.7. The Morgan fingerprint density at radius 3 is 2.72 bits per heavy atom. The van der Waals surface area contributed by atoms with Gasteiger partial charge in [-0.25, -0.2) is 4.39 Å². The van der Waals surface area contributed by atoms with Gasteiger partial charge in [0.25, 0.3) is 0 Å². The lowest BCUT2D eigenvalue weighted by Gasteiger charge is -2.08. The van der Waals surface area contributed by atoms with Gasteiger partial charge in [0.15, 0.2) is 11.6 Å². The number of benzene rings is 1. The molecule has 1 aromatic heterocycles. The molecule has 0 spiro atoms. The van der Waals surface area contributed by atoms with Crippen molar-refractivity contribution in [1.29, 1.82) is 0 Å². The Bertz CT molecular complexity index is 570. The normalized spacial score (nSPS) is 15.1. The topological polar surface area (TPSA) is 50.9 Å². The summed E-state index contributed by atoms with van der Waals surface area (Å²) in [4.78, 5) is 0. The molecule has 3 rings (SSSR count). The minimum absolute atomic E-state index is 0.141. The van der Waals surface area contributed by atoms with Crippen molar-refractivity contribution in [3.8, 4) is 11.4 Å². The predicted molar refractivity (Wildman–Crippen MR) is 64.3 cm³/mol. The summed E-state index contributed by atoms with van der Waals surface area (Å²) < 4.78 is 15.4. The fraction of sp³-hybridized carbons (Fsp3) is 0.385. The predicted octanol–water partition coefficient (Wildman–Crippen LogP) is 2.22. The molecular weight excluding hydrogens is 233 g/mol.